The Hall–Kier alpha value is -1.09. The lowest BCUT2D eigenvalue weighted by atomic mass is 10.1. The minimum absolute atomic E-state index is 0.129. The van der Waals surface area contributed by atoms with Gasteiger partial charge in [-0.1, -0.05) is 6.07 Å². The quantitative estimate of drug-likeness (QED) is 0.804. The summed E-state index contributed by atoms with van der Waals surface area (Å²) in [5.41, 5.74) is 6.77. The highest BCUT2D eigenvalue weighted by molar-refractivity contribution is 5.48. The molecule has 0 bridgehead atoms. The Labute approximate surface area is 90.7 Å². The van der Waals surface area contributed by atoms with Gasteiger partial charge in [0.2, 0.25) is 0 Å². The molecule has 0 aliphatic carbocycles. The van der Waals surface area contributed by atoms with E-state index in [4.69, 9.17) is 5.73 Å². The minimum atomic E-state index is -0.212. The number of benzene rings is 1. The van der Waals surface area contributed by atoms with E-state index in [-0.39, 0.29) is 11.4 Å². The topological polar surface area (TPSA) is 38.0 Å². The zero-order valence-electron chi connectivity index (χ0n) is 9.60. The third kappa shape index (κ3) is 3.88. The second kappa shape index (κ2) is 4.62. The van der Waals surface area contributed by atoms with Gasteiger partial charge in [0, 0.05) is 5.54 Å². The Morgan fingerprint density at radius 2 is 2.00 bits per heavy atom. The normalized spacial score (nSPS) is 11.5. The van der Waals surface area contributed by atoms with Crippen LogP contribution >= 0.6 is 0 Å². The maximum absolute atomic E-state index is 13.6. The van der Waals surface area contributed by atoms with Crippen LogP contribution in [0.1, 0.15) is 26.3 Å². The smallest absolute Gasteiger partial charge is 0.146 e. The van der Waals surface area contributed by atoms with Gasteiger partial charge < -0.3 is 11.1 Å². The van der Waals surface area contributed by atoms with Gasteiger partial charge in [0.25, 0.3) is 0 Å². The first-order valence-corrected chi connectivity index (χ1v) is 5.19. The molecule has 0 aromatic heterocycles. The second-order valence-electron chi connectivity index (χ2n) is 4.73. The van der Waals surface area contributed by atoms with Crippen molar-refractivity contribution < 1.29 is 4.39 Å². The van der Waals surface area contributed by atoms with Crippen LogP contribution < -0.4 is 11.1 Å². The van der Waals surface area contributed by atoms with Gasteiger partial charge in [-0.2, -0.15) is 0 Å². The molecule has 0 aliphatic heterocycles. The molecule has 84 valence electrons. The van der Waals surface area contributed by atoms with Crippen LogP contribution in [0.3, 0.4) is 0 Å². The summed E-state index contributed by atoms with van der Waals surface area (Å²) in [6.07, 6.45) is 0.715. The molecule has 15 heavy (non-hydrogen) atoms. The SMILES string of the molecule is CC(C)(C)Nc1ccc(CCN)cc1F. The van der Waals surface area contributed by atoms with Crippen molar-refractivity contribution in [3.8, 4) is 0 Å². The van der Waals surface area contributed by atoms with Crippen LogP contribution in [0.15, 0.2) is 18.2 Å². The van der Waals surface area contributed by atoms with Crippen LogP contribution in [0, 0.1) is 5.82 Å². The minimum Gasteiger partial charge on any atom is -0.378 e. The van der Waals surface area contributed by atoms with Crippen molar-refractivity contribution in [2.45, 2.75) is 32.7 Å². The first-order valence-electron chi connectivity index (χ1n) is 5.19. The molecule has 0 saturated carbocycles. The summed E-state index contributed by atoms with van der Waals surface area (Å²) in [7, 11) is 0. The number of hydrogen-bond donors (Lipinski definition) is 2. The molecule has 3 heteroatoms. The molecule has 0 atom stereocenters. The molecule has 1 aromatic carbocycles. The summed E-state index contributed by atoms with van der Waals surface area (Å²) in [6.45, 7) is 6.55. The number of nitrogens with one attached hydrogen (secondary N) is 1. The van der Waals surface area contributed by atoms with E-state index in [2.05, 4.69) is 5.32 Å². The van der Waals surface area contributed by atoms with Crippen LogP contribution in [-0.4, -0.2) is 12.1 Å². The molecule has 0 unspecified atom stereocenters. The molecule has 0 radical (unpaired) electrons. The molecule has 0 saturated heterocycles. The van der Waals surface area contributed by atoms with Gasteiger partial charge in [0.1, 0.15) is 5.82 Å². The second-order valence-corrected chi connectivity index (χ2v) is 4.73. The van der Waals surface area contributed by atoms with Crippen molar-refractivity contribution in [2.75, 3.05) is 11.9 Å². The van der Waals surface area contributed by atoms with Gasteiger partial charge in [0.15, 0.2) is 0 Å². The fourth-order valence-corrected chi connectivity index (χ4v) is 1.39. The third-order valence-electron chi connectivity index (χ3n) is 1.98. The lowest BCUT2D eigenvalue weighted by Gasteiger charge is -2.22. The van der Waals surface area contributed by atoms with E-state index in [1.54, 1.807) is 12.1 Å². The Morgan fingerprint density at radius 1 is 1.33 bits per heavy atom. The highest BCUT2D eigenvalue weighted by atomic mass is 19.1. The fourth-order valence-electron chi connectivity index (χ4n) is 1.39. The van der Waals surface area contributed by atoms with Gasteiger partial charge in [-0.05, 0) is 51.4 Å². The number of hydrogen-bond acceptors (Lipinski definition) is 2. The van der Waals surface area contributed by atoms with E-state index < -0.39 is 0 Å². The fraction of sp³-hybridized carbons (Fsp3) is 0.500. The largest absolute Gasteiger partial charge is 0.378 e. The predicted octanol–water partition coefficient (Wildman–Crippen LogP) is 2.54. The van der Waals surface area contributed by atoms with Gasteiger partial charge in [-0.25, -0.2) is 4.39 Å². The van der Waals surface area contributed by atoms with Crippen LogP contribution in [-0.2, 0) is 6.42 Å². The Kier molecular flexibility index (Phi) is 3.69. The van der Waals surface area contributed by atoms with Gasteiger partial charge >= 0.3 is 0 Å². The van der Waals surface area contributed by atoms with Crippen molar-refractivity contribution in [3.63, 3.8) is 0 Å². The third-order valence-corrected chi connectivity index (χ3v) is 1.98. The summed E-state index contributed by atoms with van der Waals surface area (Å²) in [6, 6.07) is 5.22. The van der Waals surface area contributed by atoms with Crippen molar-refractivity contribution >= 4 is 5.69 Å². The van der Waals surface area contributed by atoms with E-state index in [0.29, 0.717) is 18.7 Å². The van der Waals surface area contributed by atoms with E-state index in [0.717, 1.165) is 5.56 Å². The van der Waals surface area contributed by atoms with Crippen LogP contribution in [0.5, 0.6) is 0 Å². The summed E-state index contributed by atoms with van der Waals surface area (Å²) in [5, 5.41) is 3.11. The van der Waals surface area contributed by atoms with Crippen molar-refractivity contribution in [2.24, 2.45) is 5.73 Å². The monoisotopic (exact) mass is 210 g/mol. The summed E-state index contributed by atoms with van der Waals surface area (Å²) in [5.74, 6) is -0.212. The molecule has 1 rings (SSSR count). The molecular formula is C12H19FN2. The first-order chi connectivity index (χ1) is 6.92. The number of anilines is 1. The van der Waals surface area contributed by atoms with Crippen LogP contribution in [0.4, 0.5) is 10.1 Å². The van der Waals surface area contributed by atoms with Crippen LogP contribution in [0.2, 0.25) is 0 Å². The van der Waals surface area contributed by atoms with E-state index >= 15 is 0 Å². The molecular weight excluding hydrogens is 191 g/mol. The van der Waals surface area contributed by atoms with Gasteiger partial charge in [-0.15, -0.1) is 0 Å². The molecule has 0 amide bonds. The standard InChI is InChI=1S/C12H19FN2/c1-12(2,3)15-11-5-4-9(6-7-14)8-10(11)13/h4-5,8,15H,6-7,14H2,1-3H3. The van der Waals surface area contributed by atoms with Gasteiger partial charge in [0.05, 0.1) is 5.69 Å². The zero-order valence-corrected chi connectivity index (χ0v) is 9.60. The number of halogens is 1. The van der Waals surface area contributed by atoms with Gasteiger partial charge in [-0.3, -0.25) is 0 Å². The summed E-state index contributed by atoms with van der Waals surface area (Å²) in [4.78, 5) is 0. The predicted molar refractivity (Wildman–Crippen MR) is 62.5 cm³/mol. The molecule has 0 spiro atoms. The summed E-state index contributed by atoms with van der Waals surface area (Å²) >= 11 is 0. The lowest BCUT2D eigenvalue weighted by molar-refractivity contribution is 0.597. The van der Waals surface area contributed by atoms with Crippen LogP contribution in [0.25, 0.3) is 0 Å². The maximum atomic E-state index is 13.6. The van der Waals surface area contributed by atoms with E-state index in [1.165, 1.54) is 0 Å². The zero-order chi connectivity index (χ0) is 11.5. The molecule has 1 aromatic rings. The van der Waals surface area contributed by atoms with E-state index in [9.17, 15) is 4.39 Å². The lowest BCUT2D eigenvalue weighted by Crippen LogP contribution is -2.26. The molecule has 0 heterocycles. The first kappa shape index (κ1) is 12.0. The van der Waals surface area contributed by atoms with Crippen molar-refractivity contribution in [1.29, 1.82) is 0 Å². The molecule has 0 fully saturated rings. The Morgan fingerprint density at radius 3 is 2.47 bits per heavy atom. The summed E-state index contributed by atoms with van der Waals surface area (Å²) < 4.78 is 13.6. The average molecular weight is 210 g/mol. The Balaban J connectivity index is 2.84. The van der Waals surface area contributed by atoms with Crippen molar-refractivity contribution in [3.05, 3.63) is 29.6 Å². The maximum Gasteiger partial charge on any atom is 0.146 e. The Bertz CT molecular complexity index is 329. The molecule has 3 N–H and O–H groups in total. The highest BCUT2D eigenvalue weighted by Gasteiger charge is 2.12. The van der Waals surface area contributed by atoms with E-state index in [1.807, 2.05) is 26.8 Å². The van der Waals surface area contributed by atoms with Crippen molar-refractivity contribution in [1.82, 2.24) is 0 Å². The molecule has 2 nitrogen and oxygen atoms in total. The molecule has 0 aliphatic rings. The number of rotatable bonds is 3. The highest BCUT2D eigenvalue weighted by Crippen LogP contribution is 2.19. The number of nitrogens with two attached hydrogens (primary N) is 1. The average Bonchev–Trinajstić information content (AvgIpc) is 2.08.